The Morgan fingerprint density at radius 3 is 2.38 bits per heavy atom. The van der Waals surface area contributed by atoms with Crippen LogP contribution in [0, 0.1) is 20.8 Å². The fourth-order valence-electron chi connectivity index (χ4n) is 2.58. The number of nitrogens with one attached hydrogen (secondary N) is 2. The van der Waals surface area contributed by atoms with Gasteiger partial charge in [0.2, 0.25) is 0 Å². The molecule has 134 valence electrons. The topological polar surface area (TPSA) is 97.4 Å². The number of halogens is 1. The van der Waals surface area contributed by atoms with Crippen LogP contribution in [0.15, 0.2) is 39.3 Å². The molecule has 26 heavy (non-hydrogen) atoms. The number of hydrazine groups is 1. The third kappa shape index (κ3) is 3.34. The van der Waals surface area contributed by atoms with Gasteiger partial charge in [-0.3, -0.25) is 20.4 Å². The van der Waals surface area contributed by atoms with Crippen molar-refractivity contribution < 1.29 is 18.5 Å². The van der Waals surface area contributed by atoms with E-state index in [0.717, 1.165) is 0 Å². The maximum absolute atomic E-state index is 12.6. The first kappa shape index (κ1) is 17.8. The number of nitrogens with zero attached hydrogens (tertiary/aromatic N) is 1. The third-order valence-electron chi connectivity index (χ3n) is 3.79. The van der Waals surface area contributed by atoms with Crippen molar-refractivity contribution in [2.45, 2.75) is 20.8 Å². The van der Waals surface area contributed by atoms with Gasteiger partial charge in [0.1, 0.15) is 28.5 Å². The normalized spacial score (nSPS) is 10.6. The smallest absolute Gasteiger partial charge is 0.275 e. The highest BCUT2D eigenvalue weighted by atomic mass is 35.5. The van der Waals surface area contributed by atoms with Gasteiger partial charge in [-0.05, 0) is 32.9 Å². The van der Waals surface area contributed by atoms with Gasteiger partial charge in [0.25, 0.3) is 11.8 Å². The number of furan rings is 1. The first-order valence-corrected chi connectivity index (χ1v) is 8.15. The summed E-state index contributed by atoms with van der Waals surface area (Å²) in [5.74, 6) is 0.329. The van der Waals surface area contributed by atoms with Crippen molar-refractivity contribution in [1.82, 2.24) is 16.0 Å². The van der Waals surface area contributed by atoms with Crippen molar-refractivity contribution in [3.8, 4) is 11.3 Å². The second-order valence-electron chi connectivity index (χ2n) is 5.68. The molecule has 0 radical (unpaired) electrons. The van der Waals surface area contributed by atoms with Gasteiger partial charge in [-0.2, -0.15) is 0 Å². The highest BCUT2D eigenvalue weighted by Crippen LogP contribution is 2.30. The van der Waals surface area contributed by atoms with Crippen molar-refractivity contribution in [3.05, 3.63) is 63.8 Å². The van der Waals surface area contributed by atoms with E-state index in [4.69, 9.17) is 20.5 Å². The van der Waals surface area contributed by atoms with E-state index in [1.165, 1.54) is 0 Å². The number of aryl methyl sites for hydroxylation is 3. The molecule has 0 spiro atoms. The van der Waals surface area contributed by atoms with Crippen molar-refractivity contribution in [1.29, 1.82) is 0 Å². The number of hydrogen-bond donors (Lipinski definition) is 2. The van der Waals surface area contributed by atoms with Crippen LogP contribution in [0.25, 0.3) is 11.3 Å². The summed E-state index contributed by atoms with van der Waals surface area (Å²) in [6.07, 6.45) is 0. The van der Waals surface area contributed by atoms with Crippen LogP contribution in [-0.2, 0) is 0 Å². The molecule has 0 saturated carbocycles. The lowest BCUT2D eigenvalue weighted by molar-refractivity contribution is 0.0845. The molecule has 0 fully saturated rings. The Hall–Kier alpha value is -3.06. The zero-order valence-electron chi connectivity index (χ0n) is 14.3. The Morgan fingerprint density at radius 1 is 1.04 bits per heavy atom. The molecule has 2 heterocycles. The molecule has 3 rings (SSSR count). The number of aromatic nitrogens is 1. The predicted molar refractivity (Wildman–Crippen MR) is 94.8 cm³/mol. The average Bonchev–Trinajstić information content (AvgIpc) is 3.14. The molecule has 0 aliphatic carbocycles. The first-order valence-electron chi connectivity index (χ1n) is 7.77. The number of benzene rings is 1. The predicted octanol–water partition coefficient (Wildman–Crippen LogP) is 3.59. The Balaban J connectivity index is 1.81. The molecule has 0 saturated heterocycles. The van der Waals surface area contributed by atoms with Crippen LogP contribution in [-0.4, -0.2) is 17.0 Å². The van der Waals surface area contributed by atoms with Crippen LogP contribution in [0.2, 0.25) is 5.02 Å². The zero-order chi connectivity index (χ0) is 18.8. The number of carbonyl (C=O) groups excluding carboxylic acids is 2. The molecule has 1 aromatic carbocycles. The molecule has 7 nitrogen and oxygen atoms in total. The number of amides is 2. The van der Waals surface area contributed by atoms with Gasteiger partial charge in [0.05, 0.1) is 10.6 Å². The standard InChI is InChI=1S/C18H16ClN3O4/c1-9-8-13(10(2)25-9)17(23)20-21-18(24)15-11(3)26-22-16(15)12-6-4-5-7-14(12)19/h4-8H,1-3H3,(H,20,23)(H,21,24). The molecule has 2 amide bonds. The van der Waals surface area contributed by atoms with E-state index in [9.17, 15) is 9.59 Å². The third-order valence-corrected chi connectivity index (χ3v) is 4.12. The summed E-state index contributed by atoms with van der Waals surface area (Å²) in [5, 5.41) is 4.36. The maximum atomic E-state index is 12.6. The molecule has 2 aromatic heterocycles. The summed E-state index contributed by atoms with van der Waals surface area (Å²) in [4.78, 5) is 24.8. The van der Waals surface area contributed by atoms with Crippen LogP contribution in [0.3, 0.4) is 0 Å². The van der Waals surface area contributed by atoms with Crippen LogP contribution in [0.5, 0.6) is 0 Å². The molecular formula is C18H16ClN3O4. The van der Waals surface area contributed by atoms with Crippen molar-refractivity contribution in [2.24, 2.45) is 0 Å². The number of carbonyl (C=O) groups is 2. The van der Waals surface area contributed by atoms with Gasteiger partial charge in [-0.15, -0.1) is 0 Å². The summed E-state index contributed by atoms with van der Waals surface area (Å²) >= 11 is 6.18. The quantitative estimate of drug-likeness (QED) is 0.684. The minimum Gasteiger partial charge on any atom is -0.466 e. The maximum Gasteiger partial charge on any atom is 0.275 e. The molecule has 0 bridgehead atoms. The summed E-state index contributed by atoms with van der Waals surface area (Å²) in [6.45, 7) is 5.01. The average molecular weight is 374 g/mol. The van der Waals surface area contributed by atoms with E-state index >= 15 is 0 Å². The van der Waals surface area contributed by atoms with E-state index in [-0.39, 0.29) is 5.56 Å². The van der Waals surface area contributed by atoms with Gasteiger partial charge >= 0.3 is 0 Å². The van der Waals surface area contributed by atoms with Crippen LogP contribution < -0.4 is 10.9 Å². The zero-order valence-corrected chi connectivity index (χ0v) is 15.1. The Bertz CT molecular complexity index is 990. The fraction of sp³-hybridized carbons (Fsp3) is 0.167. The van der Waals surface area contributed by atoms with Crippen molar-refractivity contribution in [3.63, 3.8) is 0 Å². The van der Waals surface area contributed by atoms with E-state index in [0.29, 0.717) is 39.1 Å². The number of hydrogen-bond acceptors (Lipinski definition) is 5. The van der Waals surface area contributed by atoms with Gasteiger partial charge in [-0.1, -0.05) is 35.0 Å². The fourth-order valence-corrected chi connectivity index (χ4v) is 2.80. The number of rotatable bonds is 3. The van der Waals surface area contributed by atoms with Crippen molar-refractivity contribution >= 4 is 23.4 Å². The van der Waals surface area contributed by atoms with Crippen LogP contribution in [0.4, 0.5) is 0 Å². The highest BCUT2D eigenvalue weighted by Gasteiger charge is 2.24. The van der Waals surface area contributed by atoms with Gasteiger partial charge in [-0.25, -0.2) is 0 Å². The molecule has 0 atom stereocenters. The SMILES string of the molecule is Cc1cc(C(=O)NNC(=O)c2c(-c3ccccc3Cl)noc2C)c(C)o1. The molecule has 0 unspecified atom stereocenters. The minimum absolute atomic E-state index is 0.193. The molecular weight excluding hydrogens is 358 g/mol. The van der Waals surface area contributed by atoms with Crippen molar-refractivity contribution in [2.75, 3.05) is 0 Å². The molecule has 8 heteroatoms. The Morgan fingerprint density at radius 2 is 1.73 bits per heavy atom. The van der Waals surface area contributed by atoms with E-state index in [1.54, 1.807) is 51.1 Å². The van der Waals surface area contributed by atoms with E-state index < -0.39 is 11.8 Å². The van der Waals surface area contributed by atoms with Gasteiger partial charge in [0.15, 0.2) is 0 Å². The Kier molecular flexibility index (Phi) is 4.81. The second kappa shape index (κ2) is 7.05. The molecule has 0 aliphatic rings. The van der Waals surface area contributed by atoms with E-state index in [2.05, 4.69) is 16.0 Å². The first-order chi connectivity index (χ1) is 12.4. The summed E-state index contributed by atoms with van der Waals surface area (Å²) in [7, 11) is 0. The monoisotopic (exact) mass is 373 g/mol. The summed E-state index contributed by atoms with van der Waals surface area (Å²) in [5.41, 5.74) is 6.12. The van der Waals surface area contributed by atoms with Gasteiger partial charge < -0.3 is 8.94 Å². The molecule has 0 aliphatic heterocycles. The molecule has 3 aromatic rings. The Labute approximate surface area is 154 Å². The molecule has 2 N–H and O–H groups in total. The lowest BCUT2D eigenvalue weighted by atomic mass is 10.1. The lowest BCUT2D eigenvalue weighted by Crippen LogP contribution is -2.42. The van der Waals surface area contributed by atoms with E-state index in [1.807, 2.05) is 0 Å². The minimum atomic E-state index is -0.565. The van der Waals surface area contributed by atoms with Crippen LogP contribution >= 0.6 is 11.6 Å². The second-order valence-corrected chi connectivity index (χ2v) is 6.08. The summed E-state index contributed by atoms with van der Waals surface area (Å²) in [6, 6.07) is 8.56. The highest BCUT2D eigenvalue weighted by molar-refractivity contribution is 6.33. The van der Waals surface area contributed by atoms with Gasteiger partial charge in [0, 0.05) is 5.56 Å². The lowest BCUT2D eigenvalue weighted by Gasteiger charge is -2.08. The summed E-state index contributed by atoms with van der Waals surface area (Å²) < 4.78 is 10.5. The van der Waals surface area contributed by atoms with Crippen LogP contribution in [0.1, 0.15) is 38.0 Å². The largest absolute Gasteiger partial charge is 0.466 e.